The van der Waals surface area contributed by atoms with E-state index in [1.54, 1.807) is 11.8 Å². The van der Waals surface area contributed by atoms with Crippen LogP contribution in [-0.2, 0) is 11.3 Å². The summed E-state index contributed by atoms with van der Waals surface area (Å²) in [6, 6.07) is 11.3. The van der Waals surface area contributed by atoms with Gasteiger partial charge in [-0.15, -0.1) is 0 Å². The highest BCUT2D eigenvalue weighted by atomic mass is 16.5. The Morgan fingerprint density at radius 1 is 0.829 bits per heavy atom. The molecule has 2 aliphatic heterocycles. The fourth-order valence-electron chi connectivity index (χ4n) is 6.79. The number of furan rings is 1. The second kappa shape index (κ2) is 10.4. The van der Waals surface area contributed by atoms with Crippen LogP contribution in [0, 0.1) is 5.41 Å². The first-order valence-corrected chi connectivity index (χ1v) is 13.9. The standard InChI is InChI=1S/C30H41N3O2/c1-2-10-30(11-3-1)12-8-25(9-13-30)28-23-26(32-18-21-34-22-19-32)6-7-29(28)33-16-14-31(15-17-33)24-27-5-4-20-35-27/h4-8,20,23H,1-3,9-19,21-22,24H2. The molecule has 2 saturated heterocycles. The number of morpholine rings is 1. The maximum atomic E-state index is 5.63. The van der Waals surface area contributed by atoms with E-state index >= 15 is 0 Å². The fraction of sp³-hybridized carbons (Fsp3) is 0.600. The number of allylic oxidation sites excluding steroid dienone is 2. The first-order chi connectivity index (χ1) is 17.3. The van der Waals surface area contributed by atoms with E-state index in [-0.39, 0.29) is 0 Å². The molecule has 3 fully saturated rings. The lowest BCUT2D eigenvalue weighted by Gasteiger charge is -2.41. The average molecular weight is 476 g/mol. The number of benzene rings is 1. The Balaban J connectivity index is 1.23. The average Bonchev–Trinajstić information content (AvgIpc) is 3.44. The van der Waals surface area contributed by atoms with E-state index in [1.165, 1.54) is 68.3 Å². The summed E-state index contributed by atoms with van der Waals surface area (Å²) in [6.45, 7) is 8.86. The summed E-state index contributed by atoms with van der Waals surface area (Å²) >= 11 is 0. The summed E-state index contributed by atoms with van der Waals surface area (Å²) in [6.07, 6.45) is 15.5. The summed E-state index contributed by atoms with van der Waals surface area (Å²) in [5.74, 6) is 1.07. The van der Waals surface area contributed by atoms with Crippen LogP contribution in [0.1, 0.15) is 62.7 Å². The normalized spacial score (nSPS) is 23.5. The lowest BCUT2D eigenvalue weighted by Crippen LogP contribution is -2.46. The number of anilines is 2. The molecule has 1 spiro atoms. The van der Waals surface area contributed by atoms with Crippen molar-refractivity contribution in [2.45, 2.75) is 57.9 Å². The molecule has 188 valence electrons. The van der Waals surface area contributed by atoms with E-state index in [1.807, 2.05) is 6.07 Å². The number of piperazine rings is 1. The third-order valence-electron chi connectivity index (χ3n) is 9.00. The zero-order valence-corrected chi connectivity index (χ0v) is 21.2. The van der Waals surface area contributed by atoms with Gasteiger partial charge in [0.05, 0.1) is 26.0 Å². The third-order valence-corrected chi connectivity index (χ3v) is 9.00. The van der Waals surface area contributed by atoms with Crippen LogP contribution >= 0.6 is 0 Å². The molecule has 0 radical (unpaired) electrons. The Morgan fingerprint density at radius 2 is 1.66 bits per heavy atom. The number of ether oxygens (including phenoxy) is 1. The molecule has 3 heterocycles. The molecule has 0 atom stereocenters. The Morgan fingerprint density at radius 3 is 2.37 bits per heavy atom. The van der Waals surface area contributed by atoms with Crippen molar-refractivity contribution in [1.82, 2.24) is 4.90 Å². The summed E-state index contributed by atoms with van der Waals surface area (Å²) in [5, 5.41) is 0. The minimum Gasteiger partial charge on any atom is -0.468 e. The van der Waals surface area contributed by atoms with Gasteiger partial charge in [0, 0.05) is 56.2 Å². The molecule has 35 heavy (non-hydrogen) atoms. The minimum atomic E-state index is 0.598. The largest absolute Gasteiger partial charge is 0.468 e. The highest BCUT2D eigenvalue weighted by molar-refractivity contribution is 5.80. The zero-order valence-electron chi connectivity index (χ0n) is 21.2. The lowest BCUT2D eigenvalue weighted by atomic mass is 9.65. The van der Waals surface area contributed by atoms with E-state index in [4.69, 9.17) is 9.15 Å². The van der Waals surface area contributed by atoms with Crippen molar-refractivity contribution in [1.29, 1.82) is 0 Å². The van der Waals surface area contributed by atoms with Crippen LogP contribution in [0.4, 0.5) is 11.4 Å². The summed E-state index contributed by atoms with van der Waals surface area (Å²) in [5.41, 5.74) is 6.47. The lowest BCUT2D eigenvalue weighted by molar-refractivity contribution is 0.122. The molecular formula is C30H41N3O2. The van der Waals surface area contributed by atoms with E-state index in [2.05, 4.69) is 45.0 Å². The van der Waals surface area contributed by atoms with Gasteiger partial charge in [0.1, 0.15) is 5.76 Å². The van der Waals surface area contributed by atoms with Gasteiger partial charge in [-0.25, -0.2) is 0 Å². The molecular weight excluding hydrogens is 434 g/mol. The molecule has 1 saturated carbocycles. The molecule has 4 aliphatic rings. The van der Waals surface area contributed by atoms with Gasteiger partial charge in [0.15, 0.2) is 0 Å². The van der Waals surface area contributed by atoms with Crippen molar-refractivity contribution >= 4 is 16.9 Å². The van der Waals surface area contributed by atoms with Gasteiger partial charge in [0.25, 0.3) is 0 Å². The van der Waals surface area contributed by atoms with E-state index < -0.39 is 0 Å². The van der Waals surface area contributed by atoms with Gasteiger partial charge in [-0.05, 0) is 73.4 Å². The molecule has 0 N–H and O–H groups in total. The molecule has 6 rings (SSSR count). The van der Waals surface area contributed by atoms with Gasteiger partial charge >= 0.3 is 0 Å². The van der Waals surface area contributed by atoms with Gasteiger partial charge in [-0.3, -0.25) is 4.90 Å². The number of hydrogen-bond acceptors (Lipinski definition) is 5. The van der Waals surface area contributed by atoms with Crippen molar-refractivity contribution in [3.05, 3.63) is 54.0 Å². The first-order valence-electron chi connectivity index (χ1n) is 13.9. The molecule has 2 aliphatic carbocycles. The Hall–Kier alpha value is -2.24. The second-order valence-electron chi connectivity index (χ2n) is 11.1. The van der Waals surface area contributed by atoms with Crippen molar-refractivity contribution < 1.29 is 9.15 Å². The highest BCUT2D eigenvalue weighted by Gasteiger charge is 2.34. The molecule has 1 aromatic carbocycles. The molecule has 5 heteroatoms. The highest BCUT2D eigenvalue weighted by Crippen LogP contribution is 2.49. The van der Waals surface area contributed by atoms with Crippen molar-refractivity contribution in [3.63, 3.8) is 0 Å². The minimum absolute atomic E-state index is 0.598. The smallest absolute Gasteiger partial charge is 0.117 e. The Bertz CT molecular complexity index is 995. The fourth-order valence-corrected chi connectivity index (χ4v) is 6.79. The van der Waals surface area contributed by atoms with Gasteiger partial charge in [-0.2, -0.15) is 0 Å². The number of rotatable bonds is 5. The van der Waals surface area contributed by atoms with Gasteiger partial charge < -0.3 is 19.0 Å². The molecule has 0 amide bonds. The van der Waals surface area contributed by atoms with Crippen LogP contribution in [0.3, 0.4) is 0 Å². The zero-order chi connectivity index (χ0) is 23.5. The SMILES string of the molecule is C1=C(c2cc(N3CCOCC3)ccc2N2CCN(Cc3ccco3)CC2)CCC2(C1)CCCCC2. The second-order valence-corrected chi connectivity index (χ2v) is 11.1. The monoisotopic (exact) mass is 475 g/mol. The molecule has 0 unspecified atom stereocenters. The van der Waals surface area contributed by atoms with E-state index in [9.17, 15) is 0 Å². The van der Waals surface area contributed by atoms with E-state index in [0.717, 1.165) is 64.8 Å². The molecule has 5 nitrogen and oxygen atoms in total. The summed E-state index contributed by atoms with van der Waals surface area (Å²) < 4.78 is 11.2. The predicted molar refractivity (Wildman–Crippen MR) is 143 cm³/mol. The van der Waals surface area contributed by atoms with Crippen LogP contribution < -0.4 is 9.80 Å². The maximum Gasteiger partial charge on any atom is 0.117 e. The molecule has 1 aromatic heterocycles. The van der Waals surface area contributed by atoms with Crippen molar-refractivity contribution in [3.8, 4) is 0 Å². The summed E-state index contributed by atoms with van der Waals surface area (Å²) in [4.78, 5) is 7.65. The number of hydrogen-bond donors (Lipinski definition) is 0. The third kappa shape index (κ3) is 5.17. The summed E-state index contributed by atoms with van der Waals surface area (Å²) in [7, 11) is 0. The van der Waals surface area contributed by atoms with Crippen LogP contribution in [0.15, 0.2) is 47.1 Å². The first kappa shape index (κ1) is 23.2. The number of nitrogens with zero attached hydrogens (tertiary/aromatic N) is 3. The predicted octanol–water partition coefficient (Wildman–Crippen LogP) is 5.96. The topological polar surface area (TPSA) is 32.1 Å². The van der Waals surface area contributed by atoms with Gasteiger partial charge in [-0.1, -0.05) is 25.3 Å². The van der Waals surface area contributed by atoms with Crippen molar-refractivity contribution in [2.75, 3.05) is 62.3 Å². The van der Waals surface area contributed by atoms with E-state index in [0.29, 0.717) is 5.41 Å². The quantitative estimate of drug-likeness (QED) is 0.533. The van der Waals surface area contributed by atoms with Crippen LogP contribution in [0.5, 0.6) is 0 Å². The van der Waals surface area contributed by atoms with Crippen molar-refractivity contribution in [2.24, 2.45) is 5.41 Å². The molecule has 2 aromatic rings. The van der Waals surface area contributed by atoms with Crippen LogP contribution in [0.25, 0.3) is 5.57 Å². The molecule has 0 bridgehead atoms. The Kier molecular flexibility index (Phi) is 6.89. The Labute approximate surface area is 210 Å². The van der Waals surface area contributed by atoms with Crippen LogP contribution in [0.2, 0.25) is 0 Å². The van der Waals surface area contributed by atoms with Crippen LogP contribution in [-0.4, -0.2) is 57.4 Å². The van der Waals surface area contributed by atoms with Gasteiger partial charge in [0.2, 0.25) is 0 Å². The maximum absolute atomic E-state index is 5.63.